The number of fused-ring (bicyclic) bond motifs is 1. The van der Waals surface area contributed by atoms with E-state index in [1.54, 1.807) is 12.1 Å². The normalized spacial score (nSPS) is 12.6. The van der Waals surface area contributed by atoms with Crippen LogP contribution in [-0.2, 0) is 0 Å². The van der Waals surface area contributed by atoms with Gasteiger partial charge in [0.1, 0.15) is 5.75 Å². The van der Waals surface area contributed by atoms with E-state index in [1.807, 2.05) is 6.92 Å². The molecule has 0 fully saturated rings. The fourth-order valence-corrected chi connectivity index (χ4v) is 2.82. The van der Waals surface area contributed by atoms with Crippen LogP contribution in [0.25, 0.3) is 10.9 Å². The summed E-state index contributed by atoms with van der Waals surface area (Å²) in [6.45, 7) is 1.83. The average Bonchev–Trinajstić information content (AvgIpc) is 2.66. The van der Waals surface area contributed by atoms with Crippen molar-refractivity contribution in [1.82, 2.24) is 15.3 Å². The SMILES string of the molecule is CCC(NC(=O)c1c[nH]c(=O)c2cccnc12)c1ccc(OC(F)(F)F)cc1. The second-order valence-corrected chi connectivity index (χ2v) is 5.98. The molecule has 1 amide bonds. The van der Waals surface area contributed by atoms with E-state index in [9.17, 15) is 22.8 Å². The predicted octanol–water partition coefficient (Wildman–Crippen LogP) is 3.70. The Bertz CT molecular complexity index is 1050. The van der Waals surface area contributed by atoms with Crippen molar-refractivity contribution in [3.8, 4) is 5.75 Å². The van der Waals surface area contributed by atoms with Crippen LogP contribution in [0, 0.1) is 0 Å². The molecule has 0 spiro atoms. The van der Waals surface area contributed by atoms with Gasteiger partial charge in [0.2, 0.25) is 0 Å². The van der Waals surface area contributed by atoms with Gasteiger partial charge in [0.15, 0.2) is 0 Å². The van der Waals surface area contributed by atoms with Gasteiger partial charge in [0.05, 0.1) is 22.5 Å². The lowest BCUT2D eigenvalue weighted by Crippen LogP contribution is -2.29. The Morgan fingerprint density at radius 2 is 1.96 bits per heavy atom. The molecular weight excluding hydrogens is 375 g/mol. The smallest absolute Gasteiger partial charge is 0.406 e. The van der Waals surface area contributed by atoms with Gasteiger partial charge in [-0.2, -0.15) is 0 Å². The number of benzene rings is 1. The number of aromatic amines is 1. The highest BCUT2D eigenvalue weighted by Crippen LogP contribution is 2.25. The molecule has 2 aromatic heterocycles. The summed E-state index contributed by atoms with van der Waals surface area (Å²) >= 11 is 0. The van der Waals surface area contributed by atoms with Crippen molar-refractivity contribution in [3.05, 3.63) is 70.3 Å². The predicted molar refractivity (Wildman–Crippen MR) is 96.0 cm³/mol. The first-order valence-electron chi connectivity index (χ1n) is 8.41. The van der Waals surface area contributed by atoms with Crippen LogP contribution in [-0.4, -0.2) is 22.2 Å². The zero-order valence-corrected chi connectivity index (χ0v) is 14.7. The molecule has 28 heavy (non-hydrogen) atoms. The summed E-state index contributed by atoms with van der Waals surface area (Å²) in [5, 5.41) is 3.10. The molecule has 0 saturated carbocycles. The first kappa shape index (κ1) is 19.4. The first-order valence-corrected chi connectivity index (χ1v) is 8.41. The molecule has 0 saturated heterocycles. The Labute approximate surface area is 157 Å². The average molecular weight is 391 g/mol. The van der Waals surface area contributed by atoms with E-state index in [0.717, 1.165) is 0 Å². The van der Waals surface area contributed by atoms with Crippen molar-refractivity contribution < 1.29 is 22.7 Å². The monoisotopic (exact) mass is 391 g/mol. The standard InChI is InChI=1S/C19H16F3N3O3/c1-2-15(11-5-7-12(8-6-11)28-19(20,21)22)25-18(27)14-10-24-17(26)13-4-3-9-23-16(13)14/h3-10,15H,2H2,1H3,(H,24,26)(H,25,27). The van der Waals surface area contributed by atoms with Crippen LogP contribution in [0.5, 0.6) is 5.75 Å². The fraction of sp³-hybridized carbons (Fsp3) is 0.211. The highest BCUT2D eigenvalue weighted by atomic mass is 19.4. The molecular formula is C19H16F3N3O3. The number of hydrogen-bond acceptors (Lipinski definition) is 4. The van der Waals surface area contributed by atoms with Crippen LogP contribution in [0.1, 0.15) is 35.3 Å². The molecule has 3 aromatic rings. The highest BCUT2D eigenvalue weighted by molar-refractivity contribution is 6.04. The number of nitrogens with zero attached hydrogens (tertiary/aromatic N) is 1. The number of hydrogen-bond donors (Lipinski definition) is 2. The minimum absolute atomic E-state index is 0.200. The van der Waals surface area contributed by atoms with E-state index >= 15 is 0 Å². The fourth-order valence-electron chi connectivity index (χ4n) is 2.82. The molecule has 0 radical (unpaired) electrons. The van der Waals surface area contributed by atoms with Crippen LogP contribution in [0.2, 0.25) is 0 Å². The lowest BCUT2D eigenvalue weighted by molar-refractivity contribution is -0.274. The van der Waals surface area contributed by atoms with E-state index in [2.05, 4.69) is 20.0 Å². The van der Waals surface area contributed by atoms with E-state index in [4.69, 9.17) is 0 Å². The van der Waals surface area contributed by atoms with Crippen molar-refractivity contribution in [2.75, 3.05) is 0 Å². The number of ether oxygens (including phenoxy) is 1. The van der Waals surface area contributed by atoms with Gasteiger partial charge in [0, 0.05) is 12.4 Å². The maximum absolute atomic E-state index is 12.7. The van der Waals surface area contributed by atoms with Gasteiger partial charge in [-0.05, 0) is 36.2 Å². The second-order valence-electron chi connectivity index (χ2n) is 5.98. The minimum Gasteiger partial charge on any atom is -0.406 e. The summed E-state index contributed by atoms with van der Waals surface area (Å²) < 4.78 is 40.7. The minimum atomic E-state index is -4.77. The van der Waals surface area contributed by atoms with Crippen molar-refractivity contribution in [2.45, 2.75) is 25.7 Å². The third kappa shape index (κ3) is 4.30. The molecule has 2 N–H and O–H groups in total. The van der Waals surface area contributed by atoms with Gasteiger partial charge < -0.3 is 15.0 Å². The number of halogens is 3. The molecule has 6 nitrogen and oxygen atoms in total. The maximum Gasteiger partial charge on any atom is 0.573 e. The van der Waals surface area contributed by atoms with Crippen molar-refractivity contribution in [1.29, 1.82) is 0 Å². The van der Waals surface area contributed by atoms with Crippen LogP contribution < -0.4 is 15.6 Å². The molecule has 0 aliphatic rings. The molecule has 0 aliphatic heterocycles. The Morgan fingerprint density at radius 3 is 2.61 bits per heavy atom. The van der Waals surface area contributed by atoms with E-state index in [1.165, 1.54) is 36.7 Å². The topological polar surface area (TPSA) is 84.1 Å². The quantitative estimate of drug-likeness (QED) is 0.695. The van der Waals surface area contributed by atoms with Gasteiger partial charge in [-0.1, -0.05) is 19.1 Å². The molecule has 9 heteroatoms. The van der Waals surface area contributed by atoms with Crippen LogP contribution in [0.3, 0.4) is 0 Å². The summed E-state index contributed by atoms with van der Waals surface area (Å²) in [5.74, 6) is -0.796. The van der Waals surface area contributed by atoms with Crippen molar-refractivity contribution >= 4 is 16.8 Å². The zero-order valence-electron chi connectivity index (χ0n) is 14.7. The van der Waals surface area contributed by atoms with Crippen LogP contribution in [0.15, 0.2) is 53.6 Å². The Morgan fingerprint density at radius 1 is 1.25 bits per heavy atom. The number of aromatic nitrogens is 2. The van der Waals surface area contributed by atoms with Crippen LogP contribution >= 0.6 is 0 Å². The van der Waals surface area contributed by atoms with Crippen LogP contribution in [0.4, 0.5) is 13.2 Å². The summed E-state index contributed by atoms with van der Waals surface area (Å²) in [6.07, 6.45) is -1.49. The lowest BCUT2D eigenvalue weighted by Gasteiger charge is -2.18. The van der Waals surface area contributed by atoms with Gasteiger partial charge in [0.25, 0.3) is 11.5 Å². The number of nitrogens with one attached hydrogen (secondary N) is 2. The lowest BCUT2D eigenvalue weighted by atomic mass is 10.0. The number of pyridine rings is 2. The number of carbonyl (C=O) groups is 1. The number of H-pyrrole nitrogens is 1. The van der Waals surface area contributed by atoms with Gasteiger partial charge in [-0.15, -0.1) is 13.2 Å². The third-order valence-electron chi connectivity index (χ3n) is 4.13. The number of alkyl halides is 3. The Hall–Kier alpha value is -3.36. The summed E-state index contributed by atoms with van der Waals surface area (Å²) in [7, 11) is 0. The number of amides is 1. The van der Waals surface area contributed by atoms with Gasteiger partial charge >= 0.3 is 6.36 Å². The van der Waals surface area contributed by atoms with Gasteiger partial charge in [-0.3, -0.25) is 14.6 Å². The molecule has 1 atom stereocenters. The third-order valence-corrected chi connectivity index (χ3v) is 4.13. The first-order chi connectivity index (χ1) is 13.3. The molecule has 2 heterocycles. The van der Waals surface area contributed by atoms with Crippen molar-refractivity contribution in [3.63, 3.8) is 0 Å². The number of rotatable bonds is 5. The van der Waals surface area contributed by atoms with E-state index < -0.39 is 18.3 Å². The highest BCUT2D eigenvalue weighted by Gasteiger charge is 2.31. The molecule has 1 unspecified atom stereocenters. The molecule has 0 aliphatic carbocycles. The summed E-state index contributed by atoms with van der Waals surface area (Å²) in [5.41, 5.74) is 0.734. The molecule has 3 rings (SSSR count). The maximum atomic E-state index is 12.7. The Balaban J connectivity index is 1.83. The van der Waals surface area contributed by atoms with E-state index in [-0.39, 0.29) is 27.8 Å². The van der Waals surface area contributed by atoms with Crippen molar-refractivity contribution in [2.24, 2.45) is 0 Å². The molecule has 0 bridgehead atoms. The summed E-state index contributed by atoms with van der Waals surface area (Å²) in [6, 6.07) is 8.01. The second kappa shape index (κ2) is 7.71. The van der Waals surface area contributed by atoms with E-state index in [0.29, 0.717) is 12.0 Å². The zero-order chi connectivity index (χ0) is 20.3. The Kier molecular flexibility index (Phi) is 5.34. The largest absolute Gasteiger partial charge is 0.573 e. The van der Waals surface area contributed by atoms with Gasteiger partial charge in [-0.25, -0.2) is 0 Å². The molecule has 1 aromatic carbocycles. The number of carbonyl (C=O) groups excluding carboxylic acids is 1. The molecule has 146 valence electrons. The summed E-state index contributed by atoms with van der Waals surface area (Å²) in [4.78, 5) is 31.2.